The van der Waals surface area contributed by atoms with Gasteiger partial charge in [0.2, 0.25) is 5.91 Å². The van der Waals surface area contributed by atoms with Crippen LogP contribution in [0.2, 0.25) is 0 Å². The summed E-state index contributed by atoms with van der Waals surface area (Å²) < 4.78 is 37.8. The molecule has 0 bridgehead atoms. The molecule has 9 heteroatoms. The first-order valence-corrected chi connectivity index (χ1v) is 8.40. The number of pyridine rings is 1. The van der Waals surface area contributed by atoms with Crippen molar-refractivity contribution in [3.63, 3.8) is 0 Å². The number of carbonyl (C=O) groups excluding carboxylic acids is 1. The first-order valence-electron chi connectivity index (χ1n) is 8.40. The fourth-order valence-electron chi connectivity index (χ4n) is 3.00. The molecule has 26 heavy (non-hydrogen) atoms. The number of hydrogen-bond donors (Lipinski definition) is 2. The van der Waals surface area contributed by atoms with Gasteiger partial charge >= 0.3 is 6.18 Å². The number of anilines is 1. The maximum absolute atomic E-state index is 12.6. The molecular weight excluding hydrogens is 347 g/mol. The molecule has 2 aromatic heterocycles. The van der Waals surface area contributed by atoms with E-state index >= 15 is 0 Å². The zero-order valence-electron chi connectivity index (χ0n) is 14.3. The van der Waals surface area contributed by atoms with E-state index in [9.17, 15) is 18.0 Å². The number of halogens is 3. The number of H-pyrrole nitrogens is 1. The molecule has 1 amide bonds. The minimum absolute atomic E-state index is 0.0493. The lowest BCUT2D eigenvalue weighted by Crippen LogP contribution is -2.45. The Labute approximate surface area is 148 Å². The molecule has 0 unspecified atom stereocenters. The lowest BCUT2D eigenvalue weighted by atomic mass is 10.0. The predicted molar refractivity (Wildman–Crippen MR) is 89.6 cm³/mol. The van der Waals surface area contributed by atoms with Crippen LogP contribution in [-0.2, 0) is 17.4 Å². The summed E-state index contributed by atoms with van der Waals surface area (Å²) in [6.07, 6.45) is -1.86. The number of nitrogens with zero attached hydrogens (tertiary/aromatic N) is 3. The summed E-state index contributed by atoms with van der Waals surface area (Å²) in [5, 5.41) is 9.83. The zero-order chi connectivity index (χ0) is 18.7. The van der Waals surface area contributed by atoms with E-state index in [1.54, 1.807) is 0 Å². The number of aromatic nitrogens is 3. The van der Waals surface area contributed by atoms with Crippen molar-refractivity contribution in [1.82, 2.24) is 20.5 Å². The van der Waals surface area contributed by atoms with E-state index in [1.165, 1.54) is 6.07 Å². The lowest BCUT2D eigenvalue weighted by molar-refractivity contribution is -0.137. The highest BCUT2D eigenvalue weighted by molar-refractivity contribution is 5.78. The smallest absolute Gasteiger partial charge is 0.356 e. The molecule has 0 aromatic carbocycles. The van der Waals surface area contributed by atoms with Gasteiger partial charge in [-0.05, 0) is 38.0 Å². The molecular formula is C17H20F3N5O. The van der Waals surface area contributed by atoms with E-state index in [2.05, 4.69) is 20.5 Å². The van der Waals surface area contributed by atoms with Crippen molar-refractivity contribution in [1.29, 1.82) is 0 Å². The summed E-state index contributed by atoms with van der Waals surface area (Å²) in [4.78, 5) is 17.9. The number of piperidine rings is 1. The Morgan fingerprint density at radius 1 is 1.35 bits per heavy atom. The first-order chi connectivity index (χ1) is 12.3. The molecule has 3 heterocycles. The van der Waals surface area contributed by atoms with E-state index in [0.717, 1.165) is 18.0 Å². The highest BCUT2D eigenvalue weighted by atomic mass is 19.4. The minimum Gasteiger partial charge on any atom is -0.356 e. The highest BCUT2D eigenvalue weighted by Gasteiger charge is 2.31. The summed E-state index contributed by atoms with van der Waals surface area (Å²) in [5.41, 5.74) is 0.855. The van der Waals surface area contributed by atoms with Crippen molar-refractivity contribution in [3.05, 3.63) is 41.3 Å². The van der Waals surface area contributed by atoms with Gasteiger partial charge in [-0.2, -0.15) is 18.3 Å². The Kier molecular flexibility index (Phi) is 5.15. The molecule has 1 aliphatic rings. The van der Waals surface area contributed by atoms with Gasteiger partial charge in [-0.3, -0.25) is 9.89 Å². The summed E-state index contributed by atoms with van der Waals surface area (Å²) in [6, 6.07) is 4.32. The van der Waals surface area contributed by atoms with Crippen molar-refractivity contribution in [2.75, 3.05) is 18.0 Å². The Hall–Kier alpha value is -2.58. The van der Waals surface area contributed by atoms with Gasteiger partial charge in [0.05, 0.1) is 17.7 Å². The quantitative estimate of drug-likeness (QED) is 0.871. The van der Waals surface area contributed by atoms with Gasteiger partial charge in [-0.15, -0.1) is 0 Å². The lowest BCUT2D eigenvalue weighted by Gasteiger charge is -2.33. The van der Waals surface area contributed by atoms with Crippen LogP contribution in [0.5, 0.6) is 0 Å². The number of aromatic amines is 1. The second kappa shape index (κ2) is 7.35. The van der Waals surface area contributed by atoms with E-state index in [-0.39, 0.29) is 18.4 Å². The van der Waals surface area contributed by atoms with Gasteiger partial charge in [0, 0.05) is 31.0 Å². The van der Waals surface area contributed by atoms with Gasteiger partial charge in [0.15, 0.2) is 0 Å². The molecule has 0 spiro atoms. The molecule has 6 nitrogen and oxygen atoms in total. The summed E-state index contributed by atoms with van der Waals surface area (Å²) in [5.74, 6) is 0.442. The number of amides is 1. The second-order valence-corrected chi connectivity index (χ2v) is 6.45. The molecule has 0 saturated carbocycles. The van der Waals surface area contributed by atoms with Crippen LogP contribution < -0.4 is 10.2 Å². The van der Waals surface area contributed by atoms with Gasteiger partial charge in [0.1, 0.15) is 5.82 Å². The number of carbonyl (C=O) groups is 1. The highest BCUT2D eigenvalue weighted by Crippen LogP contribution is 2.29. The number of rotatable bonds is 4. The van der Waals surface area contributed by atoms with Crippen LogP contribution in [0.3, 0.4) is 0 Å². The third kappa shape index (κ3) is 4.53. The Bertz CT molecular complexity index is 749. The van der Waals surface area contributed by atoms with Crippen LogP contribution in [0.4, 0.5) is 19.0 Å². The van der Waals surface area contributed by atoms with Gasteiger partial charge in [-0.25, -0.2) is 4.98 Å². The standard InChI is InChI=1S/C17H20F3N5O/c1-11-8-14(24-23-11)9-16(26)22-13-4-6-25(7-5-13)15-3-2-12(10-21-15)17(18,19)20/h2-3,8,10,13H,4-7,9H2,1H3,(H,22,26)(H,23,24). The van der Waals surface area contributed by atoms with Gasteiger partial charge in [0.25, 0.3) is 0 Å². The zero-order valence-corrected chi connectivity index (χ0v) is 14.3. The van der Waals surface area contributed by atoms with Crippen LogP contribution in [-0.4, -0.2) is 40.2 Å². The molecule has 0 atom stereocenters. The third-order valence-corrected chi connectivity index (χ3v) is 4.36. The predicted octanol–water partition coefficient (Wildman–Crippen LogP) is 2.46. The van der Waals surface area contributed by atoms with Crippen molar-refractivity contribution < 1.29 is 18.0 Å². The van der Waals surface area contributed by atoms with Crippen LogP contribution in [0.15, 0.2) is 24.4 Å². The van der Waals surface area contributed by atoms with Gasteiger partial charge < -0.3 is 10.2 Å². The van der Waals surface area contributed by atoms with E-state index in [4.69, 9.17) is 0 Å². The van der Waals surface area contributed by atoms with Crippen molar-refractivity contribution in [3.8, 4) is 0 Å². The normalized spacial score (nSPS) is 15.9. The molecule has 1 fully saturated rings. The first kappa shape index (κ1) is 18.2. The summed E-state index contributed by atoms with van der Waals surface area (Å²) >= 11 is 0. The van der Waals surface area contributed by atoms with Crippen LogP contribution in [0.1, 0.15) is 29.8 Å². The molecule has 2 N–H and O–H groups in total. The van der Waals surface area contributed by atoms with E-state index < -0.39 is 11.7 Å². The number of aryl methyl sites for hydroxylation is 1. The minimum atomic E-state index is -4.38. The Balaban J connectivity index is 1.48. The SMILES string of the molecule is Cc1cc(CC(=O)NC2CCN(c3ccc(C(F)(F)F)cn3)CC2)n[nH]1. The number of hydrogen-bond acceptors (Lipinski definition) is 4. The number of alkyl halides is 3. The fraction of sp³-hybridized carbons (Fsp3) is 0.471. The van der Waals surface area contributed by atoms with E-state index in [1.807, 2.05) is 17.9 Å². The summed E-state index contributed by atoms with van der Waals surface area (Å²) in [6.45, 7) is 3.13. The Morgan fingerprint density at radius 2 is 2.08 bits per heavy atom. The largest absolute Gasteiger partial charge is 0.417 e. The second-order valence-electron chi connectivity index (χ2n) is 6.45. The topological polar surface area (TPSA) is 73.9 Å². The average Bonchev–Trinajstić information content (AvgIpc) is 2.99. The molecule has 3 rings (SSSR count). The fourth-order valence-corrected chi connectivity index (χ4v) is 3.00. The molecule has 0 aliphatic carbocycles. The molecule has 1 saturated heterocycles. The maximum atomic E-state index is 12.6. The van der Waals surface area contributed by atoms with Crippen molar-refractivity contribution >= 4 is 11.7 Å². The molecule has 1 aliphatic heterocycles. The monoisotopic (exact) mass is 367 g/mol. The Morgan fingerprint density at radius 3 is 2.62 bits per heavy atom. The molecule has 140 valence electrons. The van der Waals surface area contributed by atoms with Crippen molar-refractivity contribution in [2.24, 2.45) is 0 Å². The van der Waals surface area contributed by atoms with Crippen molar-refractivity contribution in [2.45, 2.75) is 38.4 Å². The average molecular weight is 367 g/mol. The van der Waals surface area contributed by atoms with Crippen LogP contribution in [0, 0.1) is 6.92 Å². The maximum Gasteiger partial charge on any atom is 0.417 e. The van der Waals surface area contributed by atoms with E-state index in [0.29, 0.717) is 37.4 Å². The van der Waals surface area contributed by atoms with Gasteiger partial charge in [-0.1, -0.05) is 0 Å². The molecule has 0 radical (unpaired) electrons. The molecule has 2 aromatic rings. The summed E-state index contributed by atoms with van der Waals surface area (Å²) in [7, 11) is 0. The van der Waals surface area contributed by atoms with Crippen LogP contribution >= 0.6 is 0 Å². The van der Waals surface area contributed by atoms with Crippen LogP contribution in [0.25, 0.3) is 0 Å². The third-order valence-electron chi connectivity index (χ3n) is 4.36. The number of nitrogens with one attached hydrogen (secondary N) is 2.